The zero-order chi connectivity index (χ0) is 31.0. The molecule has 1 heterocycles. The summed E-state index contributed by atoms with van der Waals surface area (Å²) in [4.78, 5) is 76.5. The second-order valence-corrected chi connectivity index (χ2v) is 11.5. The van der Waals surface area contributed by atoms with Crippen molar-refractivity contribution < 1.29 is 30.0 Å². The maximum atomic E-state index is 13.8. The van der Waals surface area contributed by atoms with Gasteiger partial charge in [0, 0.05) is 47.5 Å². The molecule has 11 nitrogen and oxygen atoms in total. The lowest BCUT2D eigenvalue weighted by Gasteiger charge is -2.20. The van der Waals surface area contributed by atoms with Crippen LogP contribution in [0, 0.1) is 5.92 Å². The van der Waals surface area contributed by atoms with Crippen LogP contribution in [0.2, 0.25) is 0 Å². The lowest BCUT2D eigenvalue weighted by atomic mass is 9.95. The second kappa shape index (κ2) is 12.2. The van der Waals surface area contributed by atoms with Crippen LogP contribution in [0.15, 0.2) is 55.6 Å². The van der Waals surface area contributed by atoms with Crippen molar-refractivity contribution in [2.45, 2.75) is 38.0 Å². The number of hydrogen-bond donors (Lipinski definition) is 5. The third kappa shape index (κ3) is 5.51. The predicted molar refractivity (Wildman–Crippen MR) is 163 cm³/mol. The number of carboxylic acids is 1. The largest absolute Gasteiger partial charge is 0.481 e. The number of hydrogen-bond acceptors (Lipinski definition) is 11. The maximum Gasteiger partial charge on any atom is 0.303 e. The first-order valence-corrected chi connectivity index (χ1v) is 14.3. The monoisotopic (exact) mass is 605 g/mol. The Balaban J connectivity index is 1.60. The molecule has 43 heavy (non-hydrogen) atoms. The van der Waals surface area contributed by atoms with Crippen LogP contribution in [0.1, 0.15) is 24.0 Å². The standard InChI is InChI=1S/C31H27NO10S/c33-12-16(13-34)22(36)9-17(35)11-32-10-15-8-21-20(7-14(15)5-6-23(37)38)27(40)25-24-26(39)18-3-1-2-4-19(18)28(41)30(24)43-31(25)29(21)42/h1-4,7-8,12,16-17,22,32,34-36H,5-6,9-11,13H2,(H,37,38). The van der Waals surface area contributed by atoms with Gasteiger partial charge in [0.2, 0.25) is 10.9 Å². The van der Waals surface area contributed by atoms with Crippen LogP contribution in [-0.4, -0.2) is 58.0 Å². The first-order chi connectivity index (χ1) is 20.6. The van der Waals surface area contributed by atoms with E-state index in [1.807, 2.05) is 0 Å². The molecule has 0 aliphatic rings. The summed E-state index contributed by atoms with van der Waals surface area (Å²) in [5, 5.41) is 42.0. The number of thiophene rings is 1. The second-order valence-electron chi connectivity index (χ2n) is 10.5. The molecule has 5 aromatic rings. The van der Waals surface area contributed by atoms with Gasteiger partial charge in [-0.3, -0.25) is 24.0 Å². The van der Waals surface area contributed by atoms with E-state index in [1.165, 1.54) is 24.3 Å². The van der Waals surface area contributed by atoms with E-state index >= 15 is 0 Å². The van der Waals surface area contributed by atoms with Crippen LogP contribution < -0.4 is 27.0 Å². The topological polar surface area (TPSA) is 195 Å². The zero-order valence-corrected chi connectivity index (χ0v) is 23.5. The van der Waals surface area contributed by atoms with Crippen molar-refractivity contribution in [2.75, 3.05) is 13.2 Å². The normalized spacial score (nSPS) is 14.0. The SMILES string of the molecule is O=CC(CO)C(O)CC(O)CNCc1cc2c(=O)c3sc4c(=O)c5ccccc5c(=O)c4c3c(=O)c2cc1CCC(=O)O. The van der Waals surface area contributed by atoms with Crippen LogP contribution in [0.4, 0.5) is 0 Å². The summed E-state index contributed by atoms with van der Waals surface area (Å²) >= 11 is 0.813. The van der Waals surface area contributed by atoms with Gasteiger partial charge >= 0.3 is 5.97 Å². The minimum atomic E-state index is -1.25. The third-order valence-electron chi connectivity index (χ3n) is 7.72. The molecular formula is C31H27NO10S. The first kappa shape index (κ1) is 30.3. The molecular weight excluding hydrogens is 578 g/mol. The molecule has 12 heteroatoms. The molecule has 222 valence electrons. The van der Waals surface area contributed by atoms with Crippen molar-refractivity contribution in [3.8, 4) is 0 Å². The van der Waals surface area contributed by atoms with Crippen LogP contribution in [-0.2, 0) is 22.6 Å². The molecule has 4 aromatic carbocycles. The fraction of sp³-hybridized carbons (Fsp3) is 0.290. The molecule has 5 N–H and O–H groups in total. The fourth-order valence-electron chi connectivity index (χ4n) is 5.45. The van der Waals surface area contributed by atoms with Gasteiger partial charge in [0.25, 0.3) is 0 Å². The minimum Gasteiger partial charge on any atom is -0.481 e. The number of carbonyl (C=O) groups excluding carboxylic acids is 1. The molecule has 1 aromatic heterocycles. The Bertz CT molecular complexity index is 2110. The average Bonchev–Trinajstić information content (AvgIpc) is 3.40. The molecule has 0 spiro atoms. The first-order valence-electron chi connectivity index (χ1n) is 13.5. The Morgan fingerprint density at radius 1 is 0.860 bits per heavy atom. The molecule has 0 radical (unpaired) electrons. The van der Waals surface area contributed by atoms with E-state index in [9.17, 15) is 44.1 Å². The Morgan fingerprint density at radius 2 is 1.42 bits per heavy atom. The van der Waals surface area contributed by atoms with Gasteiger partial charge in [-0.2, -0.15) is 0 Å². The number of aliphatic hydroxyl groups excluding tert-OH is 3. The molecule has 0 saturated carbocycles. The minimum absolute atomic E-state index is 0.00720. The number of aliphatic carboxylic acids is 1. The summed E-state index contributed by atoms with van der Waals surface area (Å²) in [6.07, 6.45) is -2.36. The Labute approximate surface area is 246 Å². The molecule has 0 fully saturated rings. The van der Waals surface area contributed by atoms with Gasteiger partial charge in [-0.15, -0.1) is 11.3 Å². The molecule has 0 aliphatic heterocycles. The molecule has 3 unspecified atom stereocenters. The number of carbonyl (C=O) groups is 2. The van der Waals surface area contributed by atoms with E-state index < -0.39 is 52.4 Å². The number of aryl methyl sites for hydroxylation is 1. The van der Waals surface area contributed by atoms with Gasteiger partial charge < -0.3 is 30.5 Å². The van der Waals surface area contributed by atoms with Gasteiger partial charge in [0.1, 0.15) is 6.29 Å². The number of benzene rings is 4. The van der Waals surface area contributed by atoms with E-state index in [-0.39, 0.29) is 74.1 Å². The van der Waals surface area contributed by atoms with E-state index in [0.717, 1.165) is 11.3 Å². The van der Waals surface area contributed by atoms with Crippen LogP contribution in [0.3, 0.4) is 0 Å². The van der Waals surface area contributed by atoms with Crippen molar-refractivity contribution in [3.05, 3.63) is 88.4 Å². The molecule has 0 amide bonds. The summed E-state index contributed by atoms with van der Waals surface area (Å²) < 4.78 is 0.0256. The predicted octanol–water partition coefficient (Wildman–Crippen LogP) is 0.703. The molecule has 0 bridgehead atoms. The zero-order valence-electron chi connectivity index (χ0n) is 22.7. The van der Waals surface area contributed by atoms with Crippen molar-refractivity contribution in [3.63, 3.8) is 0 Å². The van der Waals surface area contributed by atoms with Crippen molar-refractivity contribution >= 4 is 65.3 Å². The number of aliphatic hydroxyl groups is 3. The quantitative estimate of drug-likeness (QED) is 0.126. The van der Waals surface area contributed by atoms with Crippen molar-refractivity contribution in [1.29, 1.82) is 0 Å². The van der Waals surface area contributed by atoms with Crippen LogP contribution in [0.25, 0.3) is 41.7 Å². The molecule has 3 atom stereocenters. The summed E-state index contributed by atoms with van der Waals surface area (Å²) in [6, 6.07) is 9.19. The highest BCUT2D eigenvalue weighted by molar-refractivity contribution is 7.25. The highest BCUT2D eigenvalue weighted by Gasteiger charge is 2.24. The van der Waals surface area contributed by atoms with Crippen LogP contribution in [0.5, 0.6) is 0 Å². The summed E-state index contributed by atoms with van der Waals surface area (Å²) in [5.74, 6) is -2.11. The Kier molecular flexibility index (Phi) is 8.58. The summed E-state index contributed by atoms with van der Waals surface area (Å²) in [7, 11) is 0. The lowest BCUT2D eigenvalue weighted by Crippen LogP contribution is -2.34. The van der Waals surface area contributed by atoms with Crippen molar-refractivity contribution in [2.24, 2.45) is 5.92 Å². The highest BCUT2D eigenvalue weighted by atomic mass is 32.1. The fourth-order valence-corrected chi connectivity index (χ4v) is 6.65. The van der Waals surface area contributed by atoms with Gasteiger partial charge in [-0.05, 0) is 29.7 Å². The number of aldehydes is 1. The summed E-state index contributed by atoms with van der Waals surface area (Å²) in [6.45, 7) is -0.541. The van der Waals surface area contributed by atoms with Gasteiger partial charge in [0.15, 0.2) is 10.9 Å². The Hall–Kier alpha value is -4.20. The number of carboxylic acid groups (broad SMARTS) is 1. The van der Waals surface area contributed by atoms with Crippen molar-refractivity contribution in [1.82, 2.24) is 5.32 Å². The lowest BCUT2D eigenvalue weighted by molar-refractivity contribution is -0.137. The maximum absolute atomic E-state index is 13.8. The van der Waals surface area contributed by atoms with Gasteiger partial charge in [-0.1, -0.05) is 24.3 Å². The van der Waals surface area contributed by atoms with E-state index in [0.29, 0.717) is 17.4 Å². The average molecular weight is 606 g/mol. The van der Waals surface area contributed by atoms with E-state index in [2.05, 4.69) is 5.32 Å². The molecule has 0 saturated heterocycles. The third-order valence-corrected chi connectivity index (χ3v) is 8.90. The molecule has 5 rings (SSSR count). The smallest absolute Gasteiger partial charge is 0.303 e. The number of nitrogens with one attached hydrogen (secondary N) is 1. The highest BCUT2D eigenvalue weighted by Crippen LogP contribution is 2.30. The van der Waals surface area contributed by atoms with Crippen LogP contribution >= 0.6 is 11.3 Å². The number of fused-ring (bicyclic) bond motifs is 5. The molecule has 0 aliphatic carbocycles. The number of rotatable bonds is 12. The van der Waals surface area contributed by atoms with Gasteiger partial charge in [0.05, 0.1) is 44.9 Å². The van der Waals surface area contributed by atoms with E-state index in [1.54, 1.807) is 12.1 Å². The summed E-state index contributed by atoms with van der Waals surface area (Å²) in [5.41, 5.74) is -1.13. The van der Waals surface area contributed by atoms with E-state index in [4.69, 9.17) is 5.11 Å². The van der Waals surface area contributed by atoms with Gasteiger partial charge in [-0.25, -0.2) is 0 Å². The Morgan fingerprint density at radius 3 is 2.02 bits per heavy atom.